The normalized spacial score (nSPS) is 10.9. The number of pyridine rings is 2. The van der Waals surface area contributed by atoms with Gasteiger partial charge in [-0.1, -0.05) is 109 Å². The minimum atomic E-state index is -1.45. The zero-order valence-corrected chi connectivity index (χ0v) is 34.2. The number of nitrogens with zero attached hydrogens (tertiary/aromatic N) is 2. The highest BCUT2D eigenvalue weighted by Crippen LogP contribution is 2.35. The van der Waals surface area contributed by atoms with E-state index in [0.717, 1.165) is 85.4 Å². The van der Waals surface area contributed by atoms with Crippen LogP contribution in [0.2, 0.25) is 0 Å². The Labute approximate surface area is 348 Å². The third-order valence-electron chi connectivity index (χ3n) is 9.22. The SMILES string of the molecule is Brc1cc(-c2ccccc2)c(Br)cn1.Brc1cnc(-c2ccc3oc4ccccc4c3c2)cc1-c1ccccc1.OB(O)c1ccc2oc3ccccc3c2c1. The first-order chi connectivity index (χ1) is 27.3. The molecule has 0 spiro atoms. The smallest absolute Gasteiger partial charge is 0.456 e. The van der Waals surface area contributed by atoms with Gasteiger partial charge in [0.1, 0.15) is 26.9 Å². The maximum Gasteiger partial charge on any atom is 0.488 e. The first-order valence-electron chi connectivity index (χ1n) is 17.6. The molecule has 272 valence electrons. The van der Waals surface area contributed by atoms with E-state index in [-0.39, 0.29) is 0 Å². The van der Waals surface area contributed by atoms with Gasteiger partial charge in [-0.3, -0.25) is 4.98 Å². The van der Waals surface area contributed by atoms with Crippen LogP contribution in [0.1, 0.15) is 0 Å². The fourth-order valence-corrected chi connectivity index (χ4v) is 7.70. The van der Waals surface area contributed by atoms with E-state index in [9.17, 15) is 0 Å². The highest BCUT2D eigenvalue weighted by atomic mass is 79.9. The maximum atomic E-state index is 9.12. The van der Waals surface area contributed by atoms with Crippen LogP contribution in [-0.4, -0.2) is 27.1 Å². The van der Waals surface area contributed by atoms with Gasteiger partial charge in [0.15, 0.2) is 0 Å². The molecule has 10 rings (SSSR count). The summed E-state index contributed by atoms with van der Waals surface area (Å²) in [6.07, 6.45) is 3.67. The van der Waals surface area contributed by atoms with Gasteiger partial charge in [0.05, 0.1) is 5.69 Å². The Balaban J connectivity index is 0.000000126. The van der Waals surface area contributed by atoms with Gasteiger partial charge in [-0.05, 0) is 118 Å². The van der Waals surface area contributed by atoms with Crippen molar-refractivity contribution in [3.8, 4) is 33.5 Å². The van der Waals surface area contributed by atoms with Crippen molar-refractivity contribution < 1.29 is 18.9 Å². The molecule has 0 saturated carbocycles. The molecule has 0 bridgehead atoms. The Morgan fingerprint density at radius 2 is 0.911 bits per heavy atom. The van der Waals surface area contributed by atoms with Crippen LogP contribution in [0.3, 0.4) is 0 Å². The molecule has 0 amide bonds. The molecule has 2 N–H and O–H groups in total. The number of halogens is 3. The van der Waals surface area contributed by atoms with Crippen molar-refractivity contribution in [1.29, 1.82) is 0 Å². The van der Waals surface area contributed by atoms with Gasteiger partial charge in [-0.2, -0.15) is 0 Å². The predicted molar refractivity (Wildman–Crippen MR) is 239 cm³/mol. The molecule has 10 heteroatoms. The average Bonchev–Trinajstić information content (AvgIpc) is 3.81. The van der Waals surface area contributed by atoms with Crippen molar-refractivity contribution in [2.75, 3.05) is 0 Å². The van der Waals surface area contributed by atoms with E-state index < -0.39 is 7.12 Å². The highest BCUT2D eigenvalue weighted by molar-refractivity contribution is 9.11. The Morgan fingerprint density at radius 3 is 1.50 bits per heavy atom. The largest absolute Gasteiger partial charge is 0.488 e. The Hall–Kier alpha value is -5.36. The molecule has 4 heterocycles. The van der Waals surface area contributed by atoms with Gasteiger partial charge < -0.3 is 18.9 Å². The van der Waals surface area contributed by atoms with E-state index in [1.807, 2.05) is 97.2 Å². The van der Waals surface area contributed by atoms with Crippen LogP contribution < -0.4 is 5.46 Å². The molecule has 0 aliphatic heterocycles. The van der Waals surface area contributed by atoms with Crippen molar-refractivity contribution in [3.05, 3.63) is 184 Å². The molecule has 6 nitrogen and oxygen atoms in total. The lowest BCUT2D eigenvalue weighted by molar-refractivity contribution is 0.426. The quantitative estimate of drug-likeness (QED) is 0.135. The van der Waals surface area contributed by atoms with E-state index in [0.29, 0.717) is 5.46 Å². The Kier molecular flexibility index (Phi) is 11.3. The summed E-state index contributed by atoms with van der Waals surface area (Å²) in [6.45, 7) is 0. The Bertz CT molecular complexity index is 2950. The molecule has 0 fully saturated rings. The fourth-order valence-electron chi connectivity index (χ4n) is 6.48. The number of aromatic nitrogens is 2. The second kappa shape index (κ2) is 16.8. The summed E-state index contributed by atoms with van der Waals surface area (Å²) < 4.78 is 14.4. The van der Waals surface area contributed by atoms with Gasteiger partial charge >= 0.3 is 7.12 Å². The number of benzene rings is 6. The predicted octanol–water partition coefficient (Wildman–Crippen LogP) is 12.6. The van der Waals surface area contributed by atoms with Crippen LogP contribution in [0.5, 0.6) is 0 Å². The van der Waals surface area contributed by atoms with Crippen LogP contribution in [0.15, 0.2) is 193 Å². The number of rotatable bonds is 4. The molecular formula is C46H30BBr3N2O4. The fraction of sp³-hybridized carbons (Fsp3) is 0. The lowest BCUT2D eigenvalue weighted by Gasteiger charge is -2.08. The molecule has 0 unspecified atom stereocenters. The van der Waals surface area contributed by atoms with Gasteiger partial charge in [0, 0.05) is 54.0 Å². The van der Waals surface area contributed by atoms with Crippen LogP contribution in [-0.2, 0) is 0 Å². The number of fused-ring (bicyclic) bond motifs is 6. The third-order valence-corrected chi connectivity index (χ3v) is 10.9. The summed E-state index contributed by atoms with van der Waals surface area (Å²) >= 11 is 10.5. The standard InChI is InChI=1S/C23H14BrNO.C12H9BO3.C11H7Br2N/c24-20-14-25-21(13-18(20)15-6-2-1-3-7-15)16-10-11-23-19(12-16)17-8-4-5-9-22(17)26-23;14-13(15)8-5-6-12-10(7-8)9-3-1-2-4-11(9)16-12;12-10-7-14-11(13)6-9(10)8-4-2-1-3-5-8/h1-14H;1-7,14-15H;1-7H. The molecule has 4 aromatic heterocycles. The Morgan fingerprint density at radius 1 is 0.429 bits per heavy atom. The topological polar surface area (TPSA) is 92.5 Å². The average molecular weight is 925 g/mol. The molecule has 0 aliphatic rings. The van der Waals surface area contributed by atoms with E-state index in [1.165, 1.54) is 5.56 Å². The monoisotopic (exact) mass is 922 g/mol. The molecular weight excluding hydrogens is 895 g/mol. The first kappa shape index (κ1) is 37.6. The third kappa shape index (κ3) is 8.12. The summed E-state index contributed by atoms with van der Waals surface area (Å²) in [7, 11) is -1.45. The molecule has 0 saturated heterocycles. The summed E-state index contributed by atoms with van der Waals surface area (Å²) in [5.74, 6) is 0. The second-order valence-corrected chi connectivity index (χ2v) is 15.3. The van der Waals surface area contributed by atoms with Crippen molar-refractivity contribution >= 4 is 104 Å². The lowest BCUT2D eigenvalue weighted by atomic mass is 9.80. The minimum absolute atomic E-state index is 0.471. The summed E-state index contributed by atoms with van der Waals surface area (Å²) in [6, 6.07) is 51.9. The minimum Gasteiger partial charge on any atom is -0.456 e. The van der Waals surface area contributed by atoms with Crippen molar-refractivity contribution in [1.82, 2.24) is 9.97 Å². The lowest BCUT2D eigenvalue weighted by Crippen LogP contribution is -2.29. The van der Waals surface area contributed by atoms with Crippen molar-refractivity contribution in [2.24, 2.45) is 0 Å². The van der Waals surface area contributed by atoms with Crippen LogP contribution >= 0.6 is 47.8 Å². The molecule has 0 atom stereocenters. The van der Waals surface area contributed by atoms with Gasteiger partial charge in [0.2, 0.25) is 0 Å². The number of hydrogen-bond donors (Lipinski definition) is 2. The molecule has 0 radical (unpaired) electrons. The van der Waals surface area contributed by atoms with Gasteiger partial charge in [0.25, 0.3) is 0 Å². The highest BCUT2D eigenvalue weighted by Gasteiger charge is 2.14. The number of furan rings is 2. The summed E-state index contributed by atoms with van der Waals surface area (Å²) in [5, 5.41) is 22.4. The number of para-hydroxylation sites is 2. The summed E-state index contributed by atoms with van der Waals surface area (Å²) in [5.41, 5.74) is 10.5. The first-order valence-corrected chi connectivity index (χ1v) is 20.0. The zero-order valence-electron chi connectivity index (χ0n) is 29.5. The van der Waals surface area contributed by atoms with E-state index in [2.05, 4.69) is 106 Å². The number of hydrogen-bond acceptors (Lipinski definition) is 6. The van der Waals surface area contributed by atoms with E-state index in [4.69, 9.17) is 18.9 Å². The van der Waals surface area contributed by atoms with Crippen LogP contribution in [0, 0.1) is 0 Å². The molecule has 10 aromatic rings. The molecule has 0 aliphatic carbocycles. The van der Waals surface area contributed by atoms with Crippen molar-refractivity contribution in [3.63, 3.8) is 0 Å². The van der Waals surface area contributed by atoms with E-state index >= 15 is 0 Å². The van der Waals surface area contributed by atoms with Crippen molar-refractivity contribution in [2.45, 2.75) is 0 Å². The summed E-state index contributed by atoms with van der Waals surface area (Å²) in [4.78, 5) is 8.76. The zero-order chi connectivity index (χ0) is 38.6. The van der Waals surface area contributed by atoms with Crippen LogP contribution in [0.4, 0.5) is 0 Å². The second-order valence-electron chi connectivity index (χ2n) is 12.8. The molecule has 6 aromatic carbocycles. The van der Waals surface area contributed by atoms with Crippen LogP contribution in [0.25, 0.3) is 77.4 Å². The van der Waals surface area contributed by atoms with Gasteiger partial charge in [-0.25, -0.2) is 4.98 Å². The molecule has 56 heavy (non-hydrogen) atoms. The maximum absolute atomic E-state index is 9.12. The van der Waals surface area contributed by atoms with Gasteiger partial charge in [-0.15, -0.1) is 0 Å². The van der Waals surface area contributed by atoms with E-state index in [1.54, 1.807) is 24.4 Å².